The lowest BCUT2D eigenvalue weighted by molar-refractivity contribution is 0.542. The van der Waals surface area contributed by atoms with Gasteiger partial charge in [-0.1, -0.05) is 6.07 Å². The first-order valence-corrected chi connectivity index (χ1v) is 6.22. The second-order valence-corrected chi connectivity index (χ2v) is 4.37. The molecular formula is C10H13N4O2S-. The molecule has 0 saturated carbocycles. The van der Waals surface area contributed by atoms with E-state index in [2.05, 4.69) is 15.1 Å². The zero-order chi connectivity index (χ0) is 12.3. The zero-order valence-corrected chi connectivity index (χ0v) is 10.2. The highest BCUT2D eigenvalue weighted by Crippen LogP contribution is 2.21. The van der Waals surface area contributed by atoms with E-state index in [1.54, 1.807) is 18.5 Å². The molecule has 2 rings (SSSR count). The van der Waals surface area contributed by atoms with E-state index in [1.807, 2.05) is 18.0 Å². The van der Waals surface area contributed by atoms with E-state index in [9.17, 15) is 8.76 Å². The Morgan fingerprint density at radius 1 is 1.53 bits per heavy atom. The Hall–Kier alpha value is -1.60. The van der Waals surface area contributed by atoms with Gasteiger partial charge in [0, 0.05) is 17.0 Å². The Labute approximate surface area is 102 Å². The van der Waals surface area contributed by atoms with Crippen LogP contribution in [0.1, 0.15) is 5.56 Å². The van der Waals surface area contributed by atoms with Crippen LogP contribution in [0.15, 0.2) is 23.2 Å². The van der Waals surface area contributed by atoms with Crippen molar-refractivity contribution in [2.45, 2.75) is 6.92 Å². The molecule has 0 fully saturated rings. The van der Waals surface area contributed by atoms with Gasteiger partial charge in [-0.25, -0.2) is 0 Å². The quantitative estimate of drug-likeness (QED) is 0.780. The average Bonchev–Trinajstić information content (AvgIpc) is 2.75. The molecule has 0 saturated heterocycles. The van der Waals surface area contributed by atoms with Gasteiger partial charge in [-0.2, -0.15) is 0 Å². The van der Waals surface area contributed by atoms with E-state index >= 15 is 0 Å². The van der Waals surface area contributed by atoms with Crippen LogP contribution in [0.2, 0.25) is 0 Å². The Balaban J connectivity index is 2.13. The van der Waals surface area contributed by atoms with Crippen LogP contribution in [0, 0.1) is 6.92 Å². The Morgan fingerprint density at radius 3 is 3.00 bits per heavy atom. The fraction of sp³-hybridized carbons (Fsp3) is 0.300. The third-order valence-corrected chi connectivity index (χ3v) is 2.80. The monoisotopic (exact) mass is 253 g/mol. The van der Waals surface area contributed by atoms with Crippen LogP contribution < -0.4 is 10.1 Å². The molecule has 1 aromatic rings. The second-order valence-electron chi connectivity index (χ2n) is 3.69. The first-order valence-electron chi connectivity index (χ1n) is 5.15. The summed E-state index contributed by atoms with van der Waals surface area (Å²) >= 11 is -2.30. The molecule has 92 valence electrons. The van der Waals surface area contributed by atoms with Crippen molar-refractivity contribution in [3.05, 3.63) is 23.8 Å². The van der Waals surface area contributed by atoms with Crippen molar-refractivity contribution in [2.75, 3.05) is 23.2 Å². The van der Waals surface area contributed by atoms with Crippen molar-refractivity contribution in [2.24, 2.45) is 4.99 Å². The largest absolute Gasteiger partial charge is 0.755 e. The fourth-order valence-electron chi connectivity index (χ4n) is 1.52. The summed E-state index contributed by atoms with van der Waals surface area (Å²) in [5.74, 6) is 0. The van der Waals surface area contributed by atoms with Crippen LogP contribution in [-0.4, -0.2) is 33.2 Å². The van der Waals surface area contributed by atoms with Crippen LogP contribution in [0.3, 0.4) is 0 Å². The maximum Gasteiger partial charge on any atom is 0.104 e. The van der Waals surface area contributed by atoms with Crippen LogP contribution in [0.25, 0.3) is 0 Å². The summed E-state index contributed by atoms with van der Waals surface area (Å²) in [7, 11) is 0. The molecule has 0 amide bonds. The lowest BCUT2D eigenvalue weighted by Gasteiger charge is -2.19. The SMILES string of the molecule is Cc1ccc(NS(=O)[O-])cc1NN1C=NCC1. The normalized spacial score (nSPS) is 16.0. The maximum atomic E-state index is 10.5. The summed E-state index contributed by atoms with van der Waals surface area (Å²) in [4.78, 5) is 4.09. The van der Waals surface area contributed by atoms with Crippen molar-refractivity contribution in [1.29, 1.82) is 0 Å². The molecule has 1 unspecified atom stereocenters. The summed E-state index contributed by atoms with van der Waals surface area (Å²) in [5, 5.41) is 1.86. The highest BCUT2D eigenvalue weighted by Gasteiger charge is 2.07. The number of aliphatic imine (C=N–C) groups is 1. The predicted octanol–water partition coefficient (Wildman–Crippen LogP) is 0.872. The van der Waals surface area contributed by atoms with Gasteiger partial charge in [0.1, 0.15) is 6.34 Å². The number of aryl methyl sites for hydroxylation is 1. The Bertz CT molecular complexity index is 464. The number of nitrogens with zero attached hydrogens (tertiary/aromatic N) is 2. The first kappa shape index (κ1) is 11.9. The molecule has 1 atom stereocenters. The highest BCUT2D eigenvalue weighted by atomic mass is 32.2. The van der Waals surface area contributed by atoms with E-state index in [1.165, 1.54) is 0 Å². The summed E-state index contributed by atoms with van der Waals surface area (Å²) in [5.41, 5.74) is 5.59. The van der Waals surface area contributed by atoms with Crippen LogP contribution in [0.4, 0.5) is 11.4 Å². The molecule has 0 aliphatic carbocycles. The summed E-state index contributed by atoms with van der Waals surface area (Å²) < 4.78 is 23.4. The van der Waals surface area contributed by atoms with Gasteiger partial charge in [0.15, 0.2) is 0 Å². The number of hydrogen-bond donors (Lipinski definition) is 2. The molecule has 7 heteroatoms. The van der Waals surface area contributed by atoms with Gasteiger partial charge in [0.25, 0.3) is 0 Å². The van der Waals surface area contributed by atoms with Crippen molar-refractivity contribution in [1.82, 2.24) is 5.01 Å². The molecule has 0 radical (unpaired) electrons. The first-order chi connectivity index (χ1) is 8.15. The van der Waals surface area contributed by atoms with E-state index in [0.717, 1.165) is 24.3 Å². The third-order valence-electron chi connectivity index (χ3n) is 2.39. The van der Waals surface area contributed by atoms with Gasteiger partial charge in [-0.15, -0.1) is 0 Å². The molecule has 6 nitrogen and oxygen atoms in total. The smallest absolute Gasteiger partial charge is 0.104 e. The third kappa shape index (κ3) is 3.18. The Kier molecular flexibility index (Phi) is 3.60. The average molecular weight is 253 g/mol. The minimum absolute atomic E-state index is 0.530. The number of benzene rings is 1. The van der Waals surface area contributed by atoms with E-state index in [4.69, 9.17) is 0 Å². The molecule has 0 spiro atoms. The second kappa shape index (κ2) is 5.15. The molecule has 17 heavy (non-hydrogen) atoms. The minimum Gasteiger partial charge on any atom is -0.755 e. The lowest BCUT2D eigenvalue weighted by Crippen LogP contribution is -2.26. The minimum atomic E-state index is -2.30. The van der Waals surface area contributed by atoms with Crippen molar-refractivity contribution < 1.29 is 8.76 Å². The van der Waals surface area contributed by atoms with Crippen molar-refractivity contribution >= 4 is 29.0 Å². The lowest BCUT2D eigenvalue weighted by atomic mass is 10.2. The number of nitrogens with one attached hydrogen (secondary N) is 2. The van der Waals surface area contributed by atoms with Gasteiger partial charge in [-0.3, -0.25) is 19.6 Å². The topological polar surface area (TPSA) is 79.8 Å². The fourth-order valence-corrected chi connectivity index (χ4v) is 1.84. The van der Waals surface area contributed by atoms with Gasteiger partial charge in [0.05, 0.1) is 18.8 Å². The molecule has 2 N–H and O–H groups in total. The van der Waals surface area contributed by atoms with Crippen LogP contribution in [-0.2, 0) is 11.3 Å². The molecule has 0 bridgehead atoms. The maximum absolute atomic E-state index is 10.5. The number of rotatable bonds is 4. The van der Waals surface area contributed by atoms with Gasteiger partial charge >= 0.3 is 0 Å². The van der Waals surface area contributed by atoms with Crippen LogP contribution >= 0.6 is 0 Å². The molecule has 1 aromatic carbocycles. The number of hydrazine groups is 1. The van der Waals surface area contributed by atoms with Crippen molar-refractivity contribution in [3.63, 3.8) is 0 Å². The highest BCUT2D eigenvalue weighted by molar-refractivity contribution is 7.80. The van der Waals surface area contributed by atoms with Crippen LogP contribution in [0.5, 0.6) is 0 Å². The predicted molar refractivity (Wildman–Crippen MR) is 67.4 cm³/mol. The summed E-state index contributed by atoms with van der Waals surface area (Å²) in [6, 6.07) is 5.32. The summed E-state index contributed by atoms with van der Waals surface area (Å²) in [6.45, 7) is 3.53. The molecule has 0 aromatic heterocycles. The molecular weight excluding hydrogens is 240 g/mol. The van der Waals surface area contributed by atoms with E-state index < -0.39 is 11.3 Å². The van der Waals surface area contributed by atoms with Gasteiger partial charge in [-0.05, 0) is 24.6 Å². The molecule has 1 heterocycles. The number of anilines is 2. The summed E-state index contributed by atoms with van der Waals surface area (Å²) in [6.07, 6.45) is 1.73. The Morgan fingerprint density at radius 2 is 2.35 bits per heavy atom. The molecule has 1 aliphatic rings. The zero-order valence-electron chi connectivity index (χ0n) is 9.34. The van der Waals surface area contributed by atoms with Gasteiger partial charge in [0.2, 0.25) is 0 Å². The van der Waals surface area contributed by atoms with E-state index in [0.29, 0.717) is 5.69 Å². The number of hydrogen-bond acceptors (Lipinski definition) is 5. The van der Waals surface area contributed by atoms with E-state index in [-0.39, 0.29) is 0 Å². The standard InChI is InChI=1S/C10H14N4O2S/c1-8-2-3-9(13-17(15)16)6-10(8)12-14-5-4-11-7-14/h2-3,6-7,12-13H,4-5H2,1H3,(H,15,16)/p-1. The molecule has 1 aliphatic heterocycles. The van der Waals surface area contributed by atoms with Gasteiger partial charge < -0.3 is 9.27 Å². The van der Waals surface area contributed by atoms with Crippen molar-refractivity contribution in [3.8, 4) is 0 Å².